The average molecular weight is 247 g/mol. The first kappa shape index (κ1) is 12.2. The molecule has 0 atom stereocenters. The van der Waals surface area contributed by atoms with Gasteiger partial charge in [-0.3, -0.25) is 4.90 Å². The molecule has 0 saturated heterocycles. The molecule has 7 heteroatoms. The van der Waals surface area contributed by atoms with E-state index in [-0.39, 0.29) is 11.9 Å². The van der Waals surface area contributed by atoms with E-state index in [1.165, 1.54) is 0 Å². The van der Waals surface area contributed by atoms with Crippen molar-refractivity contribution in [2.75, 3.05) is 24.1 Å². The molecule has 2 rings (SSSR count). The van der Waals surface area contributed by atoms with Gasteiger partial charge in [0, 0.05) is 5.56 Å². The Morgan fingerprint density at radius 3 is 2.28 bits per heavy atom. The van der Waals surface area contributed by atoms with Gasteiger partial charge in [0.05, 0.1) is 0 Å². The van der Waals surface area contributed by atoms with Crippen molar-refractivity contribution >= 4 is 11.9 Å². The van der Waals surface area contributed by atoms with Gasteiger partial charge in [-0.1, -0.05) is 30.3 Å². The molecule has 0 unspecified atom stereocenters. The number of hydrogen-bond acceptors (Lipinski definition) is 7. The van der Waals surface area contributed by atoms with Crippen LogP contribution in [0.2, 0.25) is 0 Å². The number of benzene rings is 1. The molecular weight excluding hydrogens is 234 g/mol. The highest BCUT2D eigenvalue weighted by Gasteiger charge is 2.11. The summed E-state index contributed by atoms with van der Waals surface area (Å²) in [6, 6.07) is 9.25. The summed E-state index contributed by atoms with van der Waals surface area (Å²) < 4.78 is 0. The quantitative estimate of drug-likeness (QED) is 0.643. The normalized spacial score (nSPS) is 10.3. The molecule has 7 nitrogen and oxygen atoms in total. The fourth-order valence-corrected chi connectivity index (χ4v) is 1.41. The number of nitrogen functional groups attached to an aromatic ring is 1. The maximum absolute atomic E-state index is 9.06. The van der Waals surface area contributed by atoms with Crippen LogP contribution in [-0.4, -0.2) is 38.6 Å². The number of anilines is 2. The van der Waals surface area contributed by atoms with E-state index in [0.717, 1.165) is 10.5 Å². The van der Waals surface area contributed by atoms with Crippen LogP contribution in [0.3, 0.4) is 0 Å². The fourth-order valence-electron chi connectivity index (χ4n) is 1.41. The second-order valence-electron chi connectivity index (χ2n) is 3.51. The predicted octanol–water partition coefficient (Wildman–Crippen LogP) is -0.173. The van der Waals surface area contributed by atoms with Crippen molar-refractivity contribution in [2.24, 2.45) is 0 Å². The topological polar surface area (TPSA) is 108 Å². The monoisotopic (exact) mass is 247 g/mol. The van der Waals surface area contributed by atoms with Crippen LogP contribution in [0.4, 0.5) is 11.9 Å². The van der Waals surface area contributed by atoms with E-state index in [1.54, 1.807) is 0 Å². The molecule has 1 heterocycles. The van der Waals surface area contributed by atoms with Crippen LogP contribution in [0.5, 0.6) is 0 Å². The number of rotatable bonds is 4. The summed E-state index contributed by atoms with van der Waals surface area (Å²) in [4.78, 5) is 13.2. The van der Waals surface area contributed by atoms with Gasteiger partial charge >= 0.3 is 0 Å². The van der Waals surface area contributed by atoms with E-state index < -0.39 is 13.5 Å². The lowest BCUT2D eigenvalue weighted by Crippen LogP contribution is -2.27. The molecule has 0 radical (unpaired) electrons. The van der Waals surface area contributed by atoms with Gasteiger partial charge in [-0.2, -0.15) is 15.0 Å². The van der Waals surface area contributed by atoms with Crippen molar-refractivity contribution in [1.29, 1.82) is 0 Å². The van der Waals surface area contributed by atoms with Crippen LogP contribution in [0, 0.1) is 0 Å². The molecule has 94 valence electrons. The van der Waals surface area contributed by atoms with Crippen molar-refractivity contribution in [2.45, 2.75) is 0 Å². The number of aromatic nitrogens is 3. The SMILES string of the molecule is Nc1nc(-c2ccccc2)nc(N(CO)CO)n1. The lowest BCUT2D eigenvalue weighted by Gasteiger charge is -2.16. The lowest BCUT2D eigenvalue weighted by molar-refractivity contribution is 0.220. The van der Waals surface area contributed by atoms with Gasteiger partial charge in [0.1, 0.15) is 13.5 Å². The Labute approximate surface area is 104 Å². The number of nitrogens with zero attached hydrogens (tertiary/aromatic N) is 4. The largest absolute Gasteiger partial charge is 0.376 e. The van der Waals surface area contributed by atoms with Gasteiger partial charge in [-0.05, 0) is 0 Å². The molecule has 0 fully saturated rings. The summed E-state index contributed by atoms with van der Waals surface area (Å²) in [6.45, 7) is -0.817. The van der Waals surface area contributed by atoms with E-state index in [9.17, 15) is 0 Å². The summed E-state index contributed by atoms with van der Waals surface area (Å²) in [5, 5.41) is 18.1. The van der Waals surface area contributed by atoms with Gasteiger partial charge in [-0.25, -0.2) is 0 Å². The molecule has 18 heavy (non-hydrogen) atoms. The zero-order valence-electron chi connectivity index (χ0n) is 9.56. The summed E-state index contributed by atoms with van der Waals surface area (Å²) in [5.74, 6) is 0.558. The minimum atomic E-state index is -0.409. The first-order valence-corrected chi connectivity index (χ1v) is 5.28. The van der Waals surface area contributed by atoms with E-state index >= 15 is 0 Å². The summed E-state index contributed by atoms with van der Waals surface area (Å²) in [5.41, 5.74) is 6.37. The van der Waals surface area contributed by atoms with Gasteiger partial charge in [-0.15, -0.1) is 0 Å². The first-order chi connectivity index (χ1) is 8.74. The summed E-state index contributed by atoms with van der Waals surface area (Å²) in [7, 11) is 0. The summed E-state index contributed by atoms with van der Waals surface area (Å²) >= 11 is 0. The van der Waals surface area contributed by atoms with Gasteiger partial charge in [0.15, 0.2) is 5.82 Å². The third kappa shape index (κ3) is 2.53. The fraction of sp³-hybridized carbons (Fsp3) is 0.182. The minimum Gasteiger partial charge on any atom is -0.376 e. The van der Waals surface area contributed by atoms with Crippen molar-refractivity contribution < 1.29 is 10.2 Å². The molecule has 0 aliphatic rings. The van der Waals surface area contributed by atoms with E-state index in [4.69, 9.17) is 15.9 Å². The van der Waals surface area contributed by atoms with Crippen LogP contribution in [0.25, 0.3) is 11.4 Å². The third-order valence-corrected chi connectivity index (χ3v) is 2.30. The number of aliphatic hydroxyl groups excluding tert-OH is 2. The standard InChI is InChI=1S/C11H13N5O2/c12-10-13-9(8-4-2-1-3-5-8)14-11(15-10)16(6-17)7-18/h1-5,17-18H,6-7H2,(H2,12,13,14,15). The Morgan fingerprint density at radius 1 is 1.00 bits per heavy atom. The van der Waals surface area contributed by atoms with Gasteiger partial charge in [0.25, 0.3) is 0 Å². The molecule has 0 saturated carbocycles. The molecule has 0 aliphatic heterocycles. The number of aliphatic hydroxyl groups is 2. The Morgan fingerprint density at radius 2 is 1.67 bits per heavy atom. The molecule has 1 aromatic heterocycles. The molecule has 4 N–H and O–H groups in total. The van der Waals surface area contributed by atoms with Crippen molar-refractivity contribution in [3.05, 3.63) is 30.3 Å². The van der Waals surface area contributed by atoms with Crippen molar-refractivity contribution in [3.8, 4) is 11.4 Å². The van der Waals surface area contributed by atoms with Crippen molar-refractivity contribution in [1.82, 2.24) is 15.0 Å². The number of hydrogen-bond donors (Lipinski definition) is 3. The van der Waals surface area contributed by atoms with Gasteiger partial charge < -0.3 is 15.9 Å². The molecular formula is C11H13N5O2. The predicted molar refractivity (Wildman–Crippen MR) is 66.3 cm³/mol. The maximum atomic E-state index is 9.06. The molecule has 0 bridgehead atoms. The second kappa shape index (κ2) is 5.39. The van der Waals surface area contributed by atoms with E-state index in [0.29, 0.717) is 5.82 Å². The molecule has 0 aliphatic carbocycles. The highest BCUT2D eigenvalue weighted by atomic mass is 16.3. The zero-order valence-corrected chi connectivity index (χ0v) is 9.56. The Balaban J connectivity index is 2.44. The summed E-state index contributed by atoms with van der Waals surface area (Å²) in [6.07, 6.45) is 0. The molecule has 2 aromatic rings. The molecule has 0 spiro atoms. The Bertz CT molecular complexity index is 516. The van der Waals surface area contributed by atoms with Crippen molar-refractivity contribution in [3.63, 3.8) is 0 Å². The van der Waals surface area contributed by atoms with Crippen LogP contribution >= 0.6 is 0 Å². The van der Waals surface area contributed by atoms with E-state index in [1.807, 2.05) is 30.3 Å². The lowest BCUT2D eigenvalue weighted by atomic mass is 10.2. The zero-order chi connectivity index (χ0) is 13.0. The second-order valence-corrected chi connectivity index (χ2v) is 3.51. The van der Waals surface area contributed by atoms with Crippen LogP contribution in [0.1, 0.15) is 0 Å². The molecule has 1 aromatic carbocycles. The van der Waals surface area contributed by atoms with Crippen LogP contribution < -0.4 is 10.6 Å². The van der Waals surface area contributed by atoms with E-state index in [2.05, 4.69) is 15.0 Å². The highest BCUT2D eigenvalue weighted by Crippen LogP contribution is 2.17. The van der Waals surface area contributed by atoms with Gasteiger partial charge in [0.2, 0.25) is 11.9 Å². The highest BCUT2D eigenvalue weighted by molar-refractivity contribution is 5.57. The number of nitrogens with two attached hydrogens (primary N) is 1. The van der Waals surface area contributed by atoms with Crippen LogP contribution in [0.15, 0.2) is 30.3 Å². The molecule has 0 amide bonds. The minimum absolute atomic E-state index is 0.0331. The Hall–Kier alpha value is -2.25. The third-order valence-electron chi connectivity index (χ3n) is 2.30. The van der Waals surface area contributed by atoms with Crippen LogP contribution in [-0.2, 0) is 0 Å². The smallest absolute Gasteiger partial charge is 0.234 e. The maximum Gasteiger partial charge on any atom is 0.234 e. The average Bonchev–Trinajstić information content (AvgIpc) is 2.40. The Kier molecular flexibility index (Phi) is 3.66. The first-order valence-electron chi connectivity index (χ1n) is 5.28.